The van der Waals surface area contributed by atoms with Gasteiger partial charge < -0.3 is 15.8 Å². The highest BCUT2D eigenvalue weighted by molar-refractivity contribution is 9.10. The molecule has 0 bridgehead atoms. The van der Waals surface area contributed by atoms with Crippen LogP contribution in [0.15, 0.2) is 26.8 Å². The van der Waals surface area contributed by atoms with Gasteiger partial charge in [-0.3, -0.25) is 4.79 Å². The number of nitrogen functional groups attached to an aromatic ring is 1. The molecule has 4 N–H and O–H groups in total. The quantitative estimate of drug-likeness (QED) is 0.791. The number of carboxylic acids is 1. The molecule has 17 heavy (non-hydrogen) atoms. The van der Waals surface area contributed by atoms with Gasteiger partial charge in [-0.05, 0) is 28.1 Å². The van der Waals surface area contributed by atoms with E-state index < -0.39 is 11.5 Å². The fourth-order valence-electron chi connectivity index (χ4n) is 1.44. The fourth-order valence-corrected chi connectivity index (χ4v) is 2.89. The maximum Gasteiger partial charge on any atom is 0.342 e. The van der Waals surface area contributed by atoms with Crippen LogP contribution in [0.5, 0.6) is 0 Å². The maximum atomic E-state index is 11.6. The Kier molecular flexibility index (Phi) is 3.03. The van der Waals surface area contributed by atoms with Crippen molar-refractivity contribution in [1.82, 2.24) is 4.98 Å². The summed E-state index contributed by atoms with van der Waals surface area (Å²) in [5.41, 5.74) is 4.85. The molecule has 0 amide bonds. The average Bonchev–Trinajstić information content (AvgIpc) is 2.62. The maximum absolute atomic E-state index is 11.6. The molecule has 0 saturated heterocycles. The van der Waals surface area contributed by atoms with Gasteiger partial charge >= 0.3 is 5.97 Å². The molecule has 2 rings (SSSR count). The molecule has 0 aromatic carbocycles. The topological polar surface area (TPSA) is 96.2 Å². The largest absolute Gasteiger partial charge is 0.477 e. The van der Waals surface area contributed by atoms with Gasteiger partial charge in [0, 0.05) is 20.3 Å². The number of aromatic amines is 1. The predicted octanol–water partition coefficient (Wildman–Crippen LogP) is 2.15. The minimum Gasteiger partial charge on any atom is -0.477 e. The number of pyridine rings is 1. The van der Waals surface area contributed by atoms with Crippen LogP contribution in [0, 0.1) is 0 Å². The second-order valence-electron chi connectivity index (χ2n) is 3.28. The number of rotatable bonds is 2. The number of hydrogen-bond acceptors (Lipinski definition) is 4. The second-order valence-corrected chi connectivity index (χ2v) is 5.10. The molecule has 2 aromatic rings. The number of hydrogen-bond donors (Lipinski definition) is 3. The van der Waals surface area contributed by atoms with Gasteiger partial charge in [-0.1, -0.05) is 0 Å². The molecule has 0 aliphatic rings. The van der Waals surface area contributed by atoms with E-state index in [9.17, 15) is 9.59 Å². The molecule has 0 unspecified atom stereocenters. The Morgan fingerprint density at radius 3 is 2.71 bits per heavy atom. The van der Waals surface area contributed by atoms with E-state index in [0.717, 1.165) is 4.47 Å². The van der Waals surface area contributed by atoms with Crippen molar-refractivity contribution in [3.05, 3.63) is 37.9 Å². The second kappa shape index (κ2) is 4.34. The monoisotopic (exact) mass is 314 g/mol. The van der Waals surface area contributed by atoms with E-state index in [0.29, 0.717) is 10.4 Å². The van der Waals surface area contributed by atoms with Crippen LogP contribution in [0.25, 0.3) is 10.4 Å². The number of H-pyrrole nitrogens is 1. The third-order valence-corrected chi connectivity index (χ3v) is 3.83. The van der Waals surface area contributed by atoms with Crippen molar-refractivity contribution < 1.29 is 9.90 Å². The number of anilines is 1. The fraction of sp³-hybridized carbons (Fsp3) is 0. The number of thiophene rings is 1. The molecular weight excluding hydrogens is 308 g/mol. The molecule has 5 nitrogen and oxygen atoms in total. The lowest BCUT2D eigenvalue weighted by atomic mass is 10.1. The summed E-state index contributed by atoms with van der Waals surface area (Å²) in [6.07, 6.45) is 0. The molecule has 7 heteroatoms. The van der Waals surface area contributed by atoms with Crippen molar-refractivity contribution in [3.8, 4) is 10.4 Å². The first-order valence-corrected chi connectivity index (χ1v) is 6.17. The van der Waals surface area contributed by atoms with E-state index in [1.165, 1.54) is 17.4 Å². The van der Waals surface area contributed by atoms with Gasteiger partial charge in [-0.2, -0.15) is 0 Å². The molecule has 0 radical (unpaired) electrons. The van der Waals surface area contributed by atoms with E-state index in [4.69, 9.17) is 10.8 Å². The van der Waals surface area contributed by atoms with Crippen molar-refractivity contribution in [2.45, 2.75) is 0 Å². The minimum absolute atomic E-state index is 0.138. The van der Waals surface area contributed by atoms with Gasteiger partial charge in [0.05, 0.1) is 0 Å². The number of carbonyl (C=O) groups is 1. The third kappa shape index (κ3) is 2.25. The van der Waals surface area contributed by atoms with Crippen LogP contribution >= 0.6 is 27.3 Å². The number of nitrogens with one attached hydrogen (secondary N) is 1. The molecule has 2 aromatic heterocycles. The van der Waals surface area contributed by atoms with Gasteiger partial charge in [0.2, 0.25) is 0 Å². The van der Waals surface area contributed by atoms with Crippen LogP contribution in [0.1, 0.15) is 10.4 Å². The Bertz CT molecular complexity index is 647. The highest BCUT2D eigenvalue weighted by Crippen LogP contribution is 2.31. The van der Waals surface area contributed by atoms with Gasteiger partial charge in [0.1, 0.15) is 11.4 Å². The zero-order chi connectivity index (χ0) is 12.6. The molecule has 0 fully saturated rings. The normalized spacial score (nSPS) is 10.4. The number of aromatic carboxylic acids is 1. The molecule has 88 valence electrons. The predicted molar refractivity (Wildman–Crippen MR) is 69.4 cm³/mol. The van der Waals surface area contributed by atoms with Crippen LogP contribution in [0.3, 0.4) is 0 Å². The molecule has 0 atom stereocenters. The Labute approximate surface area is 108 Å². The van der Waals surface area contributed by atoms with Crippen LogP contribution in [-0.4, -0.2) is 16.1 Å². The summed E-state index contributed by atoms with van der Waals surface area (Å²) in [5, 5.41) is 10.8. The number of carboxylic acid groups (broad SMARTS) is 1. The average molecular weight is 315 g/mol. The van der Waals surface area contributed by atoms with Crippen molar-refractivity contribution >= 4 is 39.1 Å². The molecule has 0 spiro atoms. The van der Waals surface area contributed by atoms with Crippen LogP contribution < -0.4 is 11.3 Å². The first-order valence-electron chi connectivity index (χ1n) is 4.49. The highest BCUT2D eigenvalue weighted by Gasteiger charge is 2.18. The lowest BCUT2D eigenvalue weighted by Gasteiger charge is -2.04. The zero-order valence-electron chi connectivity index (χ0n) is 8.36. The standard InChI is InChI=1S/C10H7BrN2O3S/c11-4-1-6(17-3-4)5-2-7(12)13-9(14)8(5)10(15)16/h1-3H,(H,15,16)(H3,12,13,14). The smallest absolute Gasteiger partial charge is 0.342 e. The van der Waals surface area contributed by atoms with Gasteiger partial charge in [0.15, 0.2) is 0 Å². The van der Waals surface area contributed by atoms with E-state index in [-0.39, 0.29) is 11.4 Å². The summed E-state index contributed by atoms with van der Waals surface area (Å²) in [4.78, 5) is 25.6. The molecule has 0 saturated carbocycles. The van der Waals surface area contributed by atoms with Crippen molar-refractivity contribution in [2.24, 2.45) is 0 Å². The van der Waals surface area contributed by atoms with Gasteiger partial charge in [0.25, 0.3) is 5.56 Å². The Balaban J connectivity index is 2.76. The molecule has 2 heterocycles. The lowest BCUT2D eigenvalue weighted by molar-refractivity contribution is 0.0696. The third-order valence-electron chi connectivity index (χ3n) is 2.10. The van der Waals surface area contributed by atoms with Gasteiger partial charge in [-0.15, -0.1) is 11.3 Å². The van der Waals surface area contributed by atoms with E-state index >= 15 is 0 Å². The molecule has 0 aliphatic carbocycles. The summed E-state index contributed by atoms with van der Waals surface area (Å²) in [7, 11) is 0. The molecule has 0 aliphatic heterocycles. The number of aromatic nitrogens is 1. The van der Waals surface area contributed by atoms with Crippen LogP contribution in [0.4, 0.5) is 5.82 Å². The van der Waals surface area contributed by atoms with Crippen molar-refractivity contribution in [3.63, 3.8) is 0 Å². The Morgan fingerprint density at radius 1 is 1.47 bits per heavy atom. The Morgan fingerprint density at radius 2 is 2.18 bits per heavy atom. The first-order chi connectivity index (χ1) is 7.99. The molecular formula is C10H7BrN2O3S. The first kappa shape index (κ1) is 11.9. The zero-order valence-corrected chi connectivity index (χ0v) is 10.8. The van der Waals surface area contributed by atoms with E-state index in [2.05, 4.69) is 20.9 Å². The minimum atomic E-state index is -1.27. The van der Waals surface area contributed by atoms with Crippen LogP contribution in [-0.2, 0) is 0 Å². The highest BCUT2D eigenvalue weighted by atomic mass is 79.9. The Hall–Kier alpha value is -1.60. The number of halogens is 1. The van der Waals surface area contributed by atoms with E-state index in [1.807, 2.05) is 0 Å². The summed E-state index contributed by atoms with van der Waals surface area (Å²) in [6, 6.07) is 3.19. The summed E-state index contributed by atoms with van der Waals surface area (Å²) in [6.45, 7) is 0. The SMILES string of the molecule is Nc1cc(-c2cc(Br)cs2)c(C(=O)O)c(=O)[nH]1. The number of nitrogens with two attached hydrogens (primary N) is 1. The summed E-state index contributed by atoms with van der Waals surface area (Å²) >= 11 is 4.61. The lowest BCUT2D eigenvalue weighted by Crippen LogP contribution is -2.19. The van der Waals surface area contributed by atoms with Crippen molar-refractivity contribution in [1.29, 1.82) is 0 Å². The summed E-state index contributed by atoms with van der Waals surface area (Å²) in [5.74, 6) is -1.13. The van der Waals surface area contributed by atoms with E-state index in [1.54, 1.807) is 11.4 Å². The summed E-state index contributed by atoms with van der Waals surface area (Å²) < 4.78 is 0.827. The van der Waals surface area contributed by atoms with Crippen molar-refractivity contribution in [2.75, 3.05) is 5.73 Å². The van der Waals surface area contributed by atoms with Crippen LogP contribution in [0.2, 0.25) is 0 Å². The van der Waals surface area contributed by atoms with Gasteiger partial charge in [-0.25, -0.2) is 4.79 Å².